The van der Waals surface area contributed by atoms with Gasteiger partial charge in [0, 0.05) is 13.1 Å². The van der Waals surface area contributed by atoms with Crippen LogP contribution in [0.5, 0.6) is 0 Å². The molecule has 3 rings (SSSR count). The zero-order valence-corrected chi connectivity index (χ0v) is 20.3. The van der Waals surface area contributed by atoms with E-state index < -0.39 is 0 Å². The molecule has 1 aromatic heterocycles. The van der Waals surface area contributed by atoms with E-state index in [2.05, 4.69) is 24.0 Å². The lowest BCUT2D eigenvalue weighted by Gasteiger charge is -2.27. The number of carbonyl (C=O) groups is 2. The summed E-state index contributed by atoms with van der Waals surface area (Å²) in [6.07, 6.45) is 1.70. The molecule has 0 saturated carbocycles. The third kappa shape index (κ3) is 7.59. The molecule has 6 nitrogen and oxygen atoms in total. The van der Waals surface area contributed by atoms with Gasteiger partial charge in [0.05, 0.1) is 25.8 Å². The van der Waals surface area contributed by atoms with Crippen LogP contribution in [0.25, 0.3) is 0 Å². The Morgan fingerprint density at radius 1 is 0.912 bits per heavy atom. The number of nitrogens with zero attached hydrogens (tertiary/aromatic N) is 2. The summed E-state index contributed by atoms with van der Waals surface area (Å²) in [5.41, 5.74) is 2.68. The standard InChI is InChI=1S/C28H34N2O4/c1-4-16-29(19-24-11-8-12-25(18-24)28(32)33-3)21-27(31)30(20-26-14-13-22(2)34-26)17-15-23-9-6-5-7-10-23/h5-14,18H,4,15-17,19-21H2,1-3H3. The summed E-state index contributed by atoms with van der Waals surface area (Å²) in [5, 5.41) is 0. The van der Waals surface area contributed by atoms with Crippen molar-refractivity contribution < 1.29 is 18.7 Å². The summed E-state index contributed by atoms with van der Waals surface area (Å²) in [6.45, 7) is 6.71. The molecule has 0 aliphatic carbocycles. The van der Waals surface area contributed by atoms with Crippen LogP contribution < -0.4 is 0 Å². The Labute approximate surface area is 202 Å². The number of benzene rings is 2. The molecule has 3 aromatic rings. The number of esters is 1. The first kappa shape index (κ1) is 25.2. The number of hydrogen-bond donors (Lipinski definition) is 0. The van der Waals surface area contributed by atoms with Crippen molar-refractivity contribution in [3.8, 4) is 0 Å². The minimum Gasteiger partial charge on any atom is -0.465 e. The zero-order chi connectivity index (χ0) is 24.3. The third-order valence-electron chi connectivity index (χ3n) is 5.66. The number of aryl methyl sites for hydroxylation is 1. The monoisotopic (exact) mass is 462 g/mol. The first-order valence-corrected chi connectivity index (χ1v) is 11.7. The normalized spacial score (nSPS) is 10.9. The summed E-state index contributed by atoms with van der Waals surface area (Å²) in [5.74, 6) is 1.32. The molecule has 0 spiro atoms. The second kappa shape index (κ2) is 12.8. The second-order valence-electron chi connectivity index (χ2n) is 8.47. The van der Waals surface area contributed by atoms with Gasteiger partial charge < -0.3 is 14.1 Å². The van der Waals surface area contributed by atoms with Crippen LogP contribution in [0, 0.1) is 6.92 Å². The number of ether oxygens (including phenoxy) is 1. The predicted octanol–water partition coefficient (Wildman–Crippen LogP) is 4.86. The highest BCUT2D eigenvalue weighted by Gasteiger charge is 2.19. The van der Waals surface area contributed by atoms with Gasteiger partial charge in [-0.25, -0.2) is 4.79 Å². The molecule has 180 valence electrons. The molecule has 0 fully saturated rings. The van der Waals surface area contributed by atoms with Crippen molar-refractivity contribution in [3.05, 3.63) is 94.9 Å². The van der Waals surface area contributed by atoms with Crippen molar-refractivity contribution in [3.63, 3.8) is 0 Å². The maximum Gasteiger partial charge on any atom is 0.337 e. The molecule has 0 atom stereocenters. The Morgan fingerprint density at radius 3 is 2.35 bits per heavy atom. The molecule has 34 heavy (non-hydrogen) atoms. The average molecular weight is 463 g/mol. The Kier molecular flexibility index (Phi) is 9.47. The van der Waals surface area contributed by atoms with Gasteiger partial charge in [-0.05, 0) is 61.7 Å². The fraction of sp³-hybridized carbons (Fsp3) is 0.357. The summed E-state index contributed by atoms with van der Waals surface area (Å²) in [6, 6.07) is 21.4. The van der Waals surface area contributed by atoms with E-state index in [4.69, 9.17) is 9.15 Å². The topological polar surface area (TPSA) is 63.0 Å². The van der Waals surface area contributed by atoms with Gasteiger partial charge in [-0.3, -0.25) is 9.69 Å². The van der Waals surface area contributed by atoms with Crippen LogP contribution >= 0.6 is 0 Å². The van der Waals surface area contributed by atoms with E-state index in [0.717, 1.165) is 36.5 Å². The molecule has 1 heterocycles. The largest absolute Gasteiger partial charge is 0.465 e. The van der Waals surface area contributed by atoms with Gasteiger partial charge in [0.1, 0.15) is 11.5 Å². The summed E-state index contributed by atoms with van der Waals surface area (Å²) < 4.78 is 10.6. The van der Waals surface area contributed by atoms with Gasteiger partial charge in [0.15, 0.2) is 0 Å². The third-order valence-corrected chi connectivity index (χ3v) is 5.66. The van der Waals surface area contributed by atoms with Crippen molar-refractivity contribution in [1.29, 1.82) is 0 Å². The lowest BCUT2D eigenvalue weighted by atomic mass is 10.1. The SMILES string of the molecule is CCCN(CC(=O)N(CCc1ccccc1)Cc1ccc(C)o1)Cc1cccc(C(=O)OC)c1. The highest BCUT2D eigenvalue weighted by molar-refractivity contribution is 5.89. The van der Waals surface area contributed by atoms with Crippen LogP contribution in [0.4, 0.5) is 0 Å². The molecule has 6 heteroatoms. The van der Waals surface area contributed by atoms with E-state index in [9.17, 15) is 9.59 Å². The average Bonchev–Trinajstić information content (AvgIpc) is 3.26. The molecule has 0 unspecified atom stereocenters. The first-order valence-electron chi connectivity index (χ1n) is 11.7. The molecule has 0 bridgehead atoms. The van der Waals surface area contributed by atoms with Crippen molar-refractivity contribution >= 4 is 11.9 Å². The van der Waals surface area contributed by atoms with Crippen LogP contribution in [0.3, 0.4) is 0 Å². The van der Waals surface area contributed by atoms with Gasteiger partial charge in [0.2, 0.25) is 5.91 Å². The molecule has 0 N–H and O–H groups in total. The van der Waals surface area contributed by atoms with E-state index in [-0.39, 0.29) is 11.9 Å². The minimum atomic E-state index is -0.360. The van der Waals surface area contributed by atoms with E-state index in [1.54, 1.807) is 6.07 Å². The fourth-order valence-electron chi connectivity index (χ4n) is 3.95. The Hall–Kier alpha value is -3.38. The second-order valence-corrected chi connectivity index (χ2v) is 8.47. The van der Waals surface area contributed by atoms with E-state index in [0.29, 0.717) is 31.7 Å². The van der Waals surface area contributed by atoms with Crippen LogP contribution in [0.1, 0.15) is 46.3 Å². The Morgan fingerprint density at radius 2 is 1.68 bits per heavy atom. The van der Waals surface area contributed by atoms with Crippen molar-refractivity contribution in [2.24, 2.45) is 0 Å². The molecule has 0 radical (unpaired) electrons. The Balaban J connectivity index is 1.71. The predicted molar refractivity (Wildman–Crippen MR) is 132 cm³/mol. The minimum absolute atomic E-state index is 0.0579. The number of carbonyl (C=O) groups excluding carboxylic acids is 2. The van der Waals surface area contributed by atoms with Gasteiger partial charge in [-0.2, -0.15) is 0 Å². The summed E-state index contributed by atoms with van der Waals surface area (Å²) >= 11 is 0. The number of furan rings is 1. The maximum atomic E-state index is 13.4. The molecule has 0 aliphatic heterocycles. The zero-order valence-electron chi connectivity index (χ0n) is 20.3. The highest BCUT2D eigenvalue weighted by Crippen LogP contribution is 2.14. The maximum absolute atomic E-state index is 13.4. The van der Waals surface area contributed by atoms with Crippen LogP contribution in [0.2, 0.25) is 0 Å². The van der Waals surface area contributed by atoms with Crippen LogP contribution in [0.15, 0.2) is 71.1 Å². The molecule has 2 aromatic carbocycles. The van der Waals surface area contributed by atoms with Crippen molar-refractivity contribution in [2.75, 3.05) is 26.7 Å². The highest BCUT2D eigenvalue weighted by atomic mass is 16.5. The van der Waals surface area contributed by atoms with Crippen molar-refractivity contribution in [1.82, 2.24) is 9.80 Å². The lowest BCUT2D eigenvalue weighted by molar-refractivity contribution is -0.133. The number of hydrogen-bond acceptors (Lipinski definition) is 5. The summed E-state index contributed by atoms with van der Waals surface area (Å²) in [7, 11) is 1.38. The fourth-order valence-corrected chi connectivity index (χ4v) is 3.95. The van der Waals surface area contributed by atoms with E-state index >= 15 is 0 Å². The number of rotatable bonds is 12. The molecular formula is C28H34N2O4. The van der Waals surface area contributed by atoms with Gasteiger partial charge >= 0.3 is 5.97 Å². The molecule has 1 amide bonds. The smallest absolute Gasteiger partial charge is 0.337 e. The van der Waals surface area contributed by atoms with Gasteiger partial charge in [-0.15, -0.1) is 0 Å². The van der Waals surface area contributed by atoms with Crippen LogP contribution in [-0.2, 0) is 29.0 Å². The molecule has 0 aliphatic rings. The lowest BCUT2D eigenvalue weighted by Crippen LogP contribution is -2.41. The first-order chi connectivity index (χ1) is 16.5. The van der Waals surface area contributed by atoms with E-state index in [1.807, 2.05) is 60.4 Å². The van der Waals surface area contributed by atoms with Crippen LogP contribution in [-0.4, -0.2) is 48.4 Å². The van der Waals surface area contributed by atoms with Gasteiger partial charge in [0.25, 0.3) is 0 Å². The van der Waals surface area contributed by atoms with Gasteiger partial charge in [-0.1, -0.05) is 49.4 Å². The van der Waals surface area contributed by atoms with E-state index in [1.165, 1.54) is 12.7 Å². The number of amides is 1. The summed E-state index contributed by atoms with van der Waals surface area (Å²) in [4.78, 5) is 29.3. The Bertz CT molecular complexity index is 1060. The molecular weight excluding hydrogens is 428 g/mol. The quantitative estimate of drug-likeness (QED) is 0.360. The molecule has 0 saturated heterocycles. The number of methoxy groups -OCH3 is 1. The van der Waals surface area contributed by atoms with Crippen molar-refractivity contribution in [2.45, 2.75) is 39.8 Å².